The molecule has 4 aromatic carbocycles. The maximum Gasteiger partial charge on any atom is 0.269 e. The molecule has 0 aliphatic heterocycles. The molecule has 0 spiro atoms. The molecule has 3 N–H and O–H groups in total. The summed E-state index contributed by atoms with van der Waals surface area (Å²) in [6.45, 7) is 0.224. The van der Waals surface area contributed by atoms with Crippen LogP contribution in [0.15, 0.2) is 108 Å². The van der Waals surface area contributed by atoms with E-state index in [0.717, 1.165) is 22.5 Å². The van der Waals surface area contributed by atoms with Gasteiger partial charge >= 0.3 is 0 Å². The Morgan fingerprint density at radius 1 is 0.786 bits per heavy atom. The Hall–Kier alpha value is -6.04. The third kappa shape index (κ3) is 7.54. The monoisotopic (exact) mass is 562 g/mol. The maximum atomic E-state index is 10.9. The van der Waals surface area contributed by atoms with Gasteiger partial charge in [0.15, 0.2) is 11.5 Å². The van der Waals surface area contributed by atoms with E-state index in [1.807, 2.05) is 66.7 Å². The summed E-state index contributed by atoms with van der Waals surface area (Å²) >= 11 is 0. The molecule has 1 heterocycles. The number of benzene rings is 4. The second kappa shape index (κ2) is 13.3. The van der Waals surface area contributed by atoms with Crippen molar-refractivity contribution in [3.63, 3.8) is 0 Å². The molecule has 0 bridgehead atoms. The number of non-ortho nitro benzene ring substituents is 1. The van der Waals surface area contributed by atoms with Crippen LogP contribution in [0.3, 0.4) is 0 Å². The van der Waals surface area contributed by atoms with Crippen molar-refractivity contribution in [3.8, 4) is 11.5 Å². The molecule has 12 nitrogen and oxygen atoms in total. The van der Waals surface area contributed by atoms with E-state index in [-0.39, 0.29) is 18.2 Å². The van der Waals surface area contributed by atoms with Crippen LogP contribution in [-0.2, 0) is 6.61 Å². The molecule has 0 aliphatic rings. The summed E-state index contributed by atoms with van der Waals surface area (Å²) in [5, 5.41) is 21.5. The van der Waals surface area contributed by atoms with Gasteiger partial charge in [0.1, 0.15) is 6.61 Å². The number of rotatable bonds is 12. The first-order valence-corrected chi connectivity index (χ1v) is 12.8. The number of methoxy groups -OCH3 is 1. The van der Waals surface area contributed by atoms with Gasteiger partial charge in [-0.25, -0.2) is 5.43 Å². The molecule has 0 saturated carbocycles. The molecule has 1 aromatic heterocycles. The summed E-state index contributed by atoms with van der Waals surface area (Å²) < 4.78 is 11.4. The average molecular weight is 563 g/mol. The van der Waals surface area contributed by atoms with Crippen molar-refractivity contribution in [1.82, 2.24) is 15.0 Å². The van der Waals surface area contributed by atoms with E-state index in [4.69, 9.17) is 9.47 Å². The first kappa shape index (κ1) is 27.5. The molecule has 0 atom stereocenters. The van der Waals surface area contributed by atoms with Crippen molar-refractivity contribution in [1.29, 1.82) is 0 Å². The van der Waals surface area contributed by atoms with Gasteiger partial charge in [0.25, 0.3) is 5.69 Å². The van der Waals surface area contributed by atoms with E-state index in [2.05, 4.69) is 36.1 Å². The maximum absolute atomic E-state index is 10.9. The van der Waals surface area contributed by atoms with E-state index < -0.39 is 4.92 Å². The molecule has 5 rings (SSSR count). The normalized spacial score (nSPS) is 10.7. The molecule has 0 aliphatic carbocycles. The van der Waals surface area contributed by atoms with Gasteiger partial charge in [0.2, 0.25) is 17.8 Å². The Balaban J connectivity index is 1.28. The van der Waals surface area contributed by atoms with Gasteiger partial charge in [-0.2, -0.15) is 20.1 Å². The van der Waals surface area contributed by atoms with E-state index in [9.17, 15) is 10.1 Å². The lowest BCUT2D eigenvalue weighted by Gasteiger charge is -2.11. The molecule has 0 amide bonds. The van der Waals surface area contributed by atoms with Crippen molar-refractivity contribution in [2.45, 2.75) is 6.61 Å². The highest BCUT2D eigenvalue weighted by atomic mass is 16.6. The molecule has 0 fully saturated rings. The fraction of sp³-hybridized carbons (Fsp3) is 0.0667. The zero-order valence-corrected chi connectivity index (χ0v) is 22.5. The summed E-state index contributed by atoms with van der Waals surface area (Å²) in [5.41, 5.74) is 6.07. The van der Waals surface area contributed by atoms with Gasteiger partial charge in [-0.15, -0.1) is 0 Å². The Morgan fingerprint density at radius 3 is 1.95 bits per heavy atom. The minimum Gasteiger partial charge on any atom is -0.493 e. The number of ether oxygens (including phenoxy) is 2. The predicted octanol–water partition coefficient (Wildman–Crippen LogP) is 6.30. The molecule has 5 aromatic rings. The smallest absolute Gasteiger partial charge is 0.269 e. The van der Waals surface area contributed by atoms with E-state index >= 15 is 0 Å². The fourth-order valence-electron chi connectivity index (χ4n) is 3.76. The number of hydrazone groups is 1. The number of nitrogens with zero attached hydrogens (tertiary/aromatic N) is 5. The van der Waals surface area contributed by atoms with Gasteiger partial charge in [0, 0.05) is 23.5 Å². The number of anilines is 5. The summed E-state index contributed by atoms with van der Waals surface area (Å²) in [7, 11) is 1.54. The predicted molar refractivity (Wildman–Crippen MR) is 161 cm³/mol. The first-order chi connectivity index (χ1) is 20.6. The van der Waals surface area contributed by atoms with Crippen LogP contribution in [0, 0.1) is 10.1 Å². The van der Waals surface area contributed by atoms with Gasteiger partial charge in [-0.05, 0) is 65.7 Å². The number of nitrogens with one attached hydrogen (secondary N) is 3. The Kier molecular flexibility index (Phi) is 8.75. The number of aromatic nitrogens is 3. The lowest BCUT2D eigenvalue weighted by atomic mass is 10.2. The summed E-state index contributed by atoms with van der Waals surface area (Å²) in [4.78, 5) is 23.8. The zero-order chi connectivity index (χ0) is 29.1. The third-order valence-corrected chi connectivity index (χ3v) is 5.80. The number of hydrogen-bond acceptors (Lipinski definition) is 11. The van der Waals surface area contributed by atoms with Crippen LogP contribution in [0.5, 0.6) is 11.5 Å². The number of nitro groups is 1. The second-order valence-electron chi connectivity index (χ2n) is 8.78. The van der Waals surface area contributed by atoms with Crippen molar-refractivity contribution in [2.75, 3.05) is 23.2 Å². The number of para-hydroxylation sites is 2. The van der Waals surface area contributed by atoms with Crippen LogP contribution in [-0.4, -0.2) is 33.2 Å². The van der Waals surface area contributed by atoms with Gasteiger partial charge < -0.3 is 20.1 Å². The number of nitro benzene ring substituents is 1. The minimum atomic E-state index is -0.440. The van der Waals surface area contributed by atoms with Crippen LogP contribution >= 0.6 is 0 Å². The summed E-state index contributed by atoms with van der Waals surface area (Å²) in [6.07, 6.45) is 1.60. The molecule has 0 saturated heterocycles. The highest BCUT2D eigenvalue weighted by molar-refractivity contribution is 5.81. The van der Waals surface area contributed by atoms with Crippen LogP contribution in [0.25, 0.3) is 0 Å². The van der Waals surface area contributed by atoms with E-state index in [1.54, 1.807) is 37.6 Å². The van der Waals surface area contributed by atoms with Crippen LogP contribution in [0.4, 0.5) is 34.9 Å². The van der Waals surface area contributed by atoms with Crippen molar-refractivity contribution in [3.05, 3.63) is 124 Å². The molecule has 210 valence electrons. The lowest BCUT2D eigenvalue weighted by molar-refractivity contribution is -0.384. The van der Waals surface area contributed by atoms with Gasteiger partial charge in [-0.1, -0.05) is 36.4 Å². The topological polar surface area (TPSA) is 149 Å². The SMILES string of the molecule is COc1cc(C=NNc2nc(Nc3ccccc3)nc(Nc3ccccc3)n2)ccc1OCc1ccc([N+](=O)[O-])cc1. The van der Waals surface area contributed by atoms with Gasteiger partial charge in [-0.3, -0.25) is 10.1 Å². The minimum absolute atomic E-state index is 0.0260. The quantitative estimate of drug-likeness (QED) is 0.0898. The molecule has 12 heteroatoms. The highest BCUT2D eigenvalue weighted by Gasteiger charge is 2.09. The fourth-order valence-corrected chi connectivity index (χ4v) is 3.76. The molecule has 0 unspecified atom stereocenters. The highest BCUT2D eigenvalue weighted by Crippen LogP contribution is 2.28. The molecular weight excluding hydrogens is 536 g/mol. The summed E-state index contributed by atoms with van der Waals surface area (Å²) in [5.74, 6) is 1.93. The zero-order valence-electron chi connectivity index (χ0n) is 22.5. The number of hydrogen-bond donors (Lipinski definition) is 3. The average Bonchev–Trinajstić information content (AvgIpc) is 3.01. The first-order valence-electron chi connectivity index (χ1n) is 12.8. The van der Waals surface area contributed by atoms with Crippen molar-refractivity contribution < 1.29 is 14.4 Å². The largest absolute Gasteiger partial charge is 0.493 e. The Bertz CT molecular complexity index is 1610. The van der Waals surface area contributed by atoms with Gasteiger partial charge in [0.05, 0.1) is 18.2 Å². The lowest BCUT2D eigenvalue weighted by Crippen LogP contribution is -2.07. The Labute approximate surface area is 241 Å². The van der Waals surface area contributed by atoms with E-state index in [0.29, 0.717) is 23.4 Å². The van der Waals surface area contributed by atoms with Crippen LogP contribution in [0.1, 0.15) is 11.1 Å². The standard InChI is InChI=1S/C30H26N8O4/c1-41-27-18-22(14-17-26(27)42-20-21-12-15-25(16-13-21)38(39)40)19-31-37-30-35-28(32-23-8-4-2-5-9-23)34-29(36-30)33-24-10-6-3-7-11-24/h2-19H,20H2,1H3,(H3,32,33,34,35,36,37). The second-order valence-corrected chi connectivity index (χ2v) is 8.78. The van der Waals surface area contributed by atoms with E-state index in [1.165, 1.54) is 12.1 Å². The Morgan fingerprint density at radius 2 is 1.38 bits per heavy atom. The molecular formula is C30H26N8O4. The summed E-state index contributed by atoms with van der Waals surface area (Å²) in [6, 6.07) is 30.7. The molecule has 0 radical (unpaired) electrons. The van der Waals surface area contributed by atoms with Crippen molar-refractivity contribution >= 4 is 41.1 Å². The van der Waals surface area contributed by atoms with Crippen LogP contribution < -0.4 is 25.5 Å². The van der Waals surface area contributed by atoms with Crippen LogP contribution in [0.2, 0.25) is 0 Å². The van der Waals surface area contributed by atoms with Crippen molar-refractivity contribution in [2.24, 2.45) is 5.10 Å². The third-order valence-electron chi connectivity index (χ3n) is 5.80. The molecule has 42 heavy (non-hydrogen) atoms.